The van der Waals surface area contributed by atoms with Crippen molar-refractivity contribution < 1.29 is 9.59 Å². The minimum absolute atomic E-state index is 0. The molecule has 1 aromatic carbocycles. The molecule has 152 valence electrons. The highest BCUT2D eigenvalue weighted by molar-refractivity contribution is 5.94. The summed E-state index contributed by atoms with van der Waals surface area (Å²) in [6.45, 7) is 0.212. The number of aromatic nitrogens is 3. The molecule has 0 saturated heterocycles. The number of nitrogens with zero attached hydrogens (tertiary/aromatic N) is 2. The third-order valence-corrected chi connectivity index (χ3v) is 4.50. The summed E-state index contributed by atoms with van der Waals surface area (Å²) in [5, 5.41) is 15.1. The third-order valence-electron chi connectivity index (χ3n) is 4.50. The normalized spacial score (nSPS) is 14.0. The van der Waals surface area contributed by atoms with E-state index < -0.39 is 0 Å². The Labute approximate surface area is 169 Å². The van der Waals surface area contributed by atoms with E-state index in [0.29, 0.717) is 23.9 Å². The van der Waals surface area contributed by atoms with E-state index in [4.69, 9.17) is 5.73 Å². The van der Waals surface area contributed by atoms with Crippen LogP contribution in [0.15, 0.2) is 24.3 Å². The number of amides is 3. The van der Waals surface area contributed by atoms with E-state index in [1.54, 1.807) is 12.1 Å². The van der Waals surface area contributed by atoms with Crippen LogP contribution >= 0.6 is 12.4 Å². The number of hydrogen-bond acceptors (Lipinski definition) is 5. The predicted molar refractivity (Wildman–Crippen MR) is 109 cm³/mol. The number of nitrogens with one attached hydrogen (secondary N) is 4. The smallest absolute Gasteiger partial charge is 0.315 e. The quantitative estimate of drug-likeness (QED) is 0.498. The minimum atomic E-state index is -0.298. The number of anilines is 1. The molecule has 0 aliphatic heterocycles. The van der Waals surface area contributed by atoms with Crippen LogP contribution in [0.25, 0.3) is 11.4 Å². The zero-order valence-corrected chi connectivity index (χ0v) is 16.3. The standard InChI is InChI=1S/C18H25N7O2.ClH/c19-10-15-23-17(25-24-15)12-6-8-14(9-7-12)21-16(26)11-20-18(27)22-13-4-2-1-3-5-13;/h6-9,13H,1-5,10-11,19H2,(H,21,26)(H2,20,22,27)(H,23,24,25);1H. The van der Waals surface area contributed by atoms with Gasteiger partial charge in [0.1, 0.15) is 5.82 Å². The molecule has 3 amide bonds. The van der Waals surface area contributed by atoms with Crippen molar-refractivity contribution in [2.24, 2.45) is 5.73 Å². The Hall–Kier alpha value is -2.65. The molecule has 1 aromatic heterocycles. The van der Waals surface area contributed by atoms with Gasteiger partial charge in [0.2, 0.25) is 5.91 Å². The predicted octanol–water partition coefficient (Wildman–Crippen LogP) is 1.92. The van der Waals surface area contributed by atoms with E-state index in [-0.39, 0.29) is 36.9 Å². The molecule has 1 aliphatic carbocycles. The van der Waals surface area contributed by atoms with E-state index in [2.05, 4.69) is 31.1 Å². The number of halogens is 1. The molecule has 6 N–H and O–H groups in total. The number of hydrogen-bond donors (Lipinski definition) is 5. The van der Waals surface area contributed by atoms with Gasteiger partial charge in [-0.25, -0.2) is 9.78 Å². The molecule has 10 heteroatoms. The lowest BCUT2D eigenvalue weighted by Gasteiger charge is -2.22. The van der Waals surface area contributed by atoms with Gasteiger partial charge in [0, 0.05) is 17.3 Å². The van der Waals surface area contributed by atoms with Gasteiger partial charge in [-0.1, -0.05) is 19.3 Å². The van der Waals surface area contributed by atoms with Crippen molar-refractivity contribution >= 4 is 30.0 Å². The number of H-pyrrole nitrogens is 1. The van der Waals surface area contributed by atoms with Gasteiger partial charge in [-0.3, -0.25) is 9.89 Å². The Morgan fingerprint density at radius 3 is 2.50 bits per heavy atom. The van der Waals surface area contributed by atoms with E-state index in [1.165, 1.54) is 6.42 Å². The summed E-state index contributed by atoms with van der Waals surface area (Å²) in [4.78, 5) is 28.1. The molecule has 1 fully saturated rings. The number of benzene rings is 1. The van der Waals surface area contributed by atoms with Crippen LogP contribution in [0, 0.1) is 0 Å². The number of urea groups is 1. The second-order valence-electron chi connectivity index (χ2n) is 6.60. The molecule has 28 heavy (non-hydrogen) atoms. The van der Waals surface area contributed by atoms with E-state index in [0.717, 1.165) is 31.2 Å². The van der Waals surface area contributed by atoms with Crippen LogP contribution in [0.3, 0.4) is 0 Å². The van der Waals surface area contributed by atoms with Crippen LogP contribution in [0.1, 0.15) is 37.9 Å². The zero-order valence-electron chi connectivity index (χ0n) is 15.5. The lowest BCUT2D eigenvalue weighted by Crippen LogP contribution is -2.45. The summed E-state index contributed by atoms with van der Waals surface area (Å²) in [5.74, 6) is 0.874. The van der Waals surface area contributed by atoms with Gasteiger partial charge in [-0.15, -0.1) is 12.4 Å². The Kier molecular flexibility index (Phi) is 8.21. The summed E-state index contributed by atoms with van der Waals surface area (Å²) in [6, 6.07) is 7.05. The van der Waals surface area contributed by atoms with Crippen LogP contribution in [-0.4, -0.2) is 39.7 Å². The van der Waals surface area contributed by atoms with Crippen molar-refractivity contribution in [2.45, 2.75) is 44.7 Å². The molecule has 2 aromatic rings. The first-order valence-electron chi connectivity index (χ1n) is 9.20. The molecule has 1 aliphatic rings. The maximum atomic E-state index is 12.0. The second-order valence-corrected chi connectivity index (χ2v) is 6.60. The highest BCUT2D eigenvalue weighted by Crippen LogP contribution is 2.18. The molecule has 1 heterocycles. The summed E-state index contributed by atoms with van der Waals surface area (Å²) in [5.41, 5.74) is 6.95. The lowest BCUT2D eigenvalue weighted by atomic mass is 9.96. The molecular weight excluding hydrogens is 382 g/mol. The summed E-state index contributed by atoms with van der Waals surface area (Å²) in [6.07, 6.45) is 5.52. The second kappa shape index (κ2) is 10.6. The first kappa shape index (κ1) is 21.6. The Bertz CT molecular complexity index is 772. The Morgan fingerprint density at radius 1 is 1.14 bits per heavy atom. The van der Waals surface area contributed by atoms with Gasteiger partial charge in [0.15, 0.2) is 5.82 Å². The first-order valence-corrected chi connectivity index (χ1v) is 9.20. The number of carbonyl (C=O) groups excluding carboxylic acids is 2. The average Bonchev–Trinajstić information content (AvgIpc) is 3.17. The molecule has 0 spiro atoms. The minimum Gasteiger partial charge on any atom is -0.335 e. The maximum Gasteiger partial charge on any atom is 0.315 e. The summed E-state index contributed by atoms with van der Waals surface area (Å²) in [7, 11) is 0. The lowest BCUT2D eigenvalue weighted by molar-refractivity contribution is -0.115. The average molecular weight is 408 g/mol. The van der Waals surface area contributed by atoms with Crippen molar-refractivity contribution in [3.8, 4) is 11.4 Å². The highest BCUT2D eigenvalue weighted by atomic mass is 35.5. The van der Waals surface area contributed by atoms with Crippen molar-refractivity contribution in [3.63, 3.8) is 0 Å². The van der Waals surface area contributed by atoms with Crippen molar-refractivity contribution in [1.82, 2.24) is 25.8 Å². The fraction of sp³-hybridized carbons (Fsp3) is 0.444. The molecule has 0 unspecified atom stereocenters. The Balaban J connectivity index is 0.00000280. The van der Waals surface area contributed by atoms with E-state index in [1.807, 2.05) is 12.1 Å². The van der Waals surface area contributed by atoms with Crippen LogP contribution in [0.4, 0.5) is 10.5 Å². The molecule has 0 bridgehead atoms. The van der Waals surface area contributed by atoms with Crippen LogP contribution < -0.4 is 21.7 Å². The third kappa shape index (κ3) is 6.21. The van der Waals surface area contributed by atoms with Gasteiger partial charge < -0.3 is 21.7 Å². The van der Waals surface area contributed by atoms with E-state index in [9.17, 15) is 9.59 Å². The highest BCUT2D eigenvalue weighted by Gasteiger charge is 2.16. The number of rotatable bonds is 6. The SMILES string of the molecule is Cl.NCc1nc(-c2ccc(NC(=O)CNC(=O)NC3CCCCC3)cc2)n[nH]1. The molecule has 0 radical (unpaired) electrons. The van der Waals surface area contributed by atoms with Crippen LogP contribution in [0.2, 0.25) is 0 Å². The van der Waals surface area contributed by atoms with Crippen LogP contribution in [-0.2, 0) is 11.3 Å². The number of carbonyl (C=O) groups is 2. The van der Waals surface area contributed by atoms with Crippen molar-refractivity contribution in [2.75, 3.05) is 11.9 Å². The summed E-state index contributed by atoms with van der Waals surface area (Å²) >= 11 is 0. The van der Waals surface area contributed by atoms with Crippen molar-refractivity contribution in [1.29, 1.82) is 0 Å². The fourth-order valence-electron chi connectivity index (χ4n) is 3.07. The largest absolute Gasteiger partial charge is 0.335 e. The molecule has 0 atom stereocenters. The molecular formula is C18H26ClN7O2. The fourth-order valence-corrected chi connectivity index (χ4v) is 3.07. The van der Waals surface area contributed by atoms with Crippen LogP contribution in [0.5, 0.6) is 0 Å². The molecule has 1 saturated carbocycles. The molecule has 3 rings (SSSR count). The Morgan fingerprint density at radius 2 is 1.86 bits per heavy atom. The van der Waals surface area contributed by atoms with Gasteiger partial charge in [0.05, 0.1) is 13.1 Å². The summed E-state index contributed by atoms with van der Waals surface area (Å²) < 4.78 is 0. The van der Waals surface area contributed by atoms with E-state index >= 15 is 0 Å². The van der Waals surface area contributed by atoms with Gasteiger partial charge in [0.25, 0.3) is 0 Å². The van der Waals surface area contributed by atoms with Gasteiger partial charge in [-0.05, 0) is 37.1 Å². The zero-order chi connectivity index (χ0) is 19.1. The van der Waals surface area contributed by atoms with Gasteiger partial charge >= 0.3 is 6.03 Å². The molecule has 9 nitrogen and oxygen atoms in total. The first-order chi connectivity index (χ1) is 13.1. The maximum absolute atomic E-state index is 12.0. The number of aromatic amines is 1. The monoisotopic (exact) mass is 407 g/mol. The van der Waals surface area contributed by atoms with Gasteiger partial charge in [-0.2, -0.15) is 5.10 Å². The number of nitrogens with two attached hydrogens (primary N) is 1. The topological polar surface area (TPSA) is 138 Å². The van der Waals surface area contributed by atoms with Crippen molar-refractivity contribution in [3.05, 3.63) is 30.1 Å².